The number of phenols is 1. The van der Waals surface area contributed by atoms with Gasteiger partial charge in [0, 0.05) is 18.8 Å². The number of aliphatic hydroxyl groups excluding tert-OH is 1. The molecule has 0 aromatic heterocycles. The molecule has 5 saturated carbocycles. The van der Waals surface area contributed by atoms with Gasteiger partial charge >= 0.3 is 5.97 Å². The first-order chi connectivity index (χ1) is 24.3. The molecule has 282 valence electrons. The zero-order valence-corrected chi connectivity index (χ0v) is 33.2. The van der Waals surface area contributed by atoms with Crippen molar-refractivity contribution < 1.29 is 19.7 Å². The van der Waals surface area contributed by atoms with Crippen molar-refractivity contribution in [2.24, 2.45) is 63.6 Å². The van der Waals surface area contributed by atoms with E-state index in [1.54, 1.807) is 6.92 Å². The summed E-state index contributed by atoms with van der Waals surface area (Å²) in [6.45, 7) is 16.2. The van der Waals surface area contributed by atoms with Crippen molar-refractivity contribution in [1.82, 2.24) is 0 Å². The lowest BCUT2D eigenvalue weighted by Crippen LogP contribution is -2.54. The van der Waals surface area contributed by atoms with Crippen LogP contribution < -0.4 is 0 Å². The van der Waals surface area contributed by atoms with Gasteiger partial charge in [0.15, 0.2) is 0 Å². The lowest BCUT2D eigenvalue weighted by molar-refractivity contribution is -0.154. The van der Waals surface area contributed by atoms with Crippen molar-refractivity contribution >= 4 is 5.97 Å². The molecule has 6 aliphatic carbocycles. The fourth-order valence-electron chi connectivity index (χ4n) is 14.4. The number of carbonyl (C=O) groups is 1. The third-order valence-corrected chi connectivity index (χ3v) is 17.1. The summed E-state index contributed by atoms with van der Waals surface area (Å²) in [6.07, 6.45) is 19.5. The Bertz CT molecular complexity index is 1500. The Morgan fingerprint density at radius 1 is 0.882 bits per heavy atom. The van der Waals surface area contributed by atoms with Gasteiger partial charge < -0.3 is 14.9 Å². The maximum Gasteiger partial charge on any atom is 0.302 e. The molecule has 7 unspecified atom stereocenters. The fourth-order valence-corrected chi connectivity index (χ4v) is 14.4. The number of hydrogen-bond acceptors (Lipinski definition) is 4. The maximum absolute atomic E-state index is 11.9. The molecule has 5 fully saturated rings. The van der Waals surface area contributed by atoms with Gasteiger partial charge in [0.05, 0.1) is 11.7 Å². The van der Waals surface area contributed by atoms with Crippen LogP contribution in [0.5, 0.6) is 5.75 Å². The van der Waals surface area contributed by atoms with E-state index in [0.29, 0.717) is 34.8 Å². The van der Waals surface area contributed by atoms with Crippen LogP contribution >= 0.6 is 0 Å². The molecule has 0 radical (unpaired) electrons. The topological polar surface area (TPSA) is 66.8 Å². The van der Waals surface area contributed by atoms with Gasteiger partial charge in [-0.1, -0.05) is 72.6 Å². The molecule has 4 nitrogen and oxygen atoms in total. The number of phenolic OH excluding ortho intramolecular Hbond substituents is 1. The monoisotopic (exact) mass is 699 g/mol. The van der Waals surface area contributed by atoms with Crippen molar-refractivity contribution in [1.29, 1.82) is 0 Å². The first-order valence-corrected chi connectivity index (χ1v) is 21.5. The van der Waals surface area contributed by atoms with Crippen LogP contribution in [-0.2, 0) is 16.0 Å². The minimum Gasteiger partial charge on any atom is -0.507 e. The van der Waals surface area contributed by atoms with Crippen molar-refractivity contribution in [3.8, 4) is 17.6 Å². The number of aromatic hydroxyl groups is 1. The Hall–Kier alpha value is -1.99. The first-order valence-electron chi connectivity index (χ1n) is 21.5. The Morgan fingerprint density at radius 3 is 2.39 bits per heavy atom. The number of carbonyl (C=O) groups excluding carboxylic acids is 1. The van der Waals surface area contributed by atoms with Gasteiger partial charge in [-0.3, -0.25) is 4.79 Å². The van der Waals surface area contributed by atoms with Crippen molar-refractivity contribution in [2.45, 2.75) is 176 Å². The number of ether oxygens (including phenoxy) is 1. The van der Waals surface area contributed by atoms with Crippen LogP contribution in [0.1, 0.15) is 174 Å². The van der Waals surface area contributed by atoms with Crippen molar-refractivity contribution in [3.05, 3.63) is 28.8 Å². The molecule has 7 rings (SSSR count). The highest BCUT2D eigenvalue weighted by Crippen LogP contribution is 2.67. The van der Waals surface area contributed by atoms with E-state index in [-0.39, 0.29) is 29.0 Å². The molecule has 13 atom stereocenters. The number of hydrogen-bond donors (Lipinski definition) is 2. The summed E-state index contributed by atoms with van der Waals surface area (Å²) in [4.78, 5) is 11.9. The second-order valence-corrected chi connectivity index (χ2v) is 20.0. The molecule has 4 heteroatoms. The summed E-state index contributed by atoms with van der Waals surface area (Å²) in [5.74, 6) is 13.4. The molecule has 1 aromatic carbocycles. The van der Waals surface area contributed by atoms with Crippen LogP contribution in [0.4, 0.5) is 0 Å². The first kappa shape index (κ1) is 37.3. The Kier molecular flexibility index (Phi) is 10.5. The highest BCUT2D eigenvalue weighted by Gasteiger charge is 2.60. The number of aliphatic hydroxyl groups is 1. The standard InChI is InChI=1S/C47H70O4/c1-29(2)11-10-12-30(3)38-17-18-40-36-16-20-43(50)46(6,41(36)23-26-45(38,40)5)24-9-8-13-33-27-37-32(28-42(33)49)14-15-35-34(37)22-25-47(7)39(35)19-21-44(47)51-31(4)48/h27-30,34-36,38-41,43-44,49-50H,9-12,14-26H2,1-7H3/t30-,34?,35?,36?,38?,39?,40?,41?,43-,44+,45-,46-,47+/m1/s1. The van der Waals surface area contributed by atoms with Gasteiger partial charge in [-0.05, 0) is 171 Å². The lowest BCUT2D eigenvalue weighted by Gasteiger charge is -2.58. The predicted octanol–water partition coefficient (Wildman–Crippen LogP) is 11.0. The van der Waals surface area contributed by atoms with Crippen LogP contribution in [0.3, 0.4) is 0 Å². The Labute approximate surface area is 310 Å². The average molecular weight is 699 g/mol. The average Bonchev–Trinajstić information content (AvgIpc) is 3.60. The summed E-state index contributed by atoms with van der Waals surface area (Å²) >= 11 is 0. The van der Waals surface area contributed by atoms with Gasteiger partial charge in [0.1, 0.15) is 11.9 Å². The summed E-state index contributed by atoms with van der Waals surface area (Å²) in [5, 5.41) is 22.7. The highest BCUT2D eigenvalue weighted by atomic mass is 16.5. The van der Waals surface area contributed by atoms with E-state index in [4.69, 9.17) is 4.74 Å². The smallest absolute Gasteiger partial charge is 0.302 e. The Balaban J connectivity index is 1.02. The van der Waals surface area contributed by atoms with Gasteiger partial charge in [-0.25, -0.2) is 0 Å². The normalized spacial score (nSPS) is 41.7. The van der Waals surface area contributed by atoms with Crippen LogP contribution in [-0.4, -0.2) is 28.4 Å². The third-order valence-electron chi connectivity index (χ3n) is 17.1. The molecule has 0 heterocycles. The molecule has 0 amide bonds. The molecule has 0 aliphatic heterocycles. The minimum absolute atomic E-state index is 0.0460. The zero-order chi connectivity index (χ0) is 36.3. The van der Waals surface area contributed by atoms with E-state index in [9.17, 15) is 15.0 Å². The lowest BCUT2D eigenvalue weighted by atomic mass is 9.47. The van der Waals surface area contributed by atoms with E-state index >= 15 is 0 Å². The second kappa shape index (κ2) is 14.3. The molecule has 2 N–H and O–H groups in total. The van der Waals surface area contributed by atoms with Crippen molar-refractivity contribution in [3.63, 3.8) is 0 Å². The van der Waals surface area contributed by atoms with Crippen LogP contribution in [0.15, 0.2) is 12.1 Å². The molecule has 1 aromatic rings. The summed E-state index contributed by atoms with van der Waals surface area (Å²) in [7, 11) is 0. The van der Waals surface area contributed by atoms with E-state index < -0.39 is 0 Å². The third kappa shape index (κ3) is 6.61. The SMILES string of the molecule is CC(=O)O[C@H]1CCC2C3CCc4cc(O)c(C#CCC[C@]5(C)C6CC[C@@]7(C)C(CCC7[C@H](C)CCCC(C)C)C6CC[C@H]5O)cc4C3CC[C@@]21C. The largest absolute Gasteiger partial charge is 0.507 e. The van der Waals surface area contributed by atoms with Crippen molar-refractivity contribution in [2.75, 3.05) is 0 Å². The van der Waals surface area contributed by atoms with E-state index in [2.05, 4.69) is 59.4 Å². The molecule has 6 aliphatic rings. The fraction of sp³-hybridized carbons (Fsp3) is 0.809. The van der Waals surface area contributed by atoms with E-state index in [1.165, 1.54) is 62.5 Å². The van der Waals surface area contributed by atoms with Gasteiger partial charge in [0.25, 0.3) is 0 Å². The van der Waals surface area contributed by atoms with Crippen LogP contribution in [0.25, 0.3) is 0 Å². The molecule has 0 saturated heterocycles. The number of esters is 1. The number of aryl methyl sites for hydroxylation is 1. The van der Waals surface area contributed by atoms with E-state index in [0.717, 1.165) is 92.9 Å². The summed E-state index contributed by atoms with van der Waals surface area (Å²) in [6, 6.07) is 4.24. The minimum atomic E-state index is -0.251. The highest BCUT2D eigenvalue weighted by molar-refractivity contribution is 5.66. The quantitative estimate of drug-likeness (QED) is 0.209. The summed E-state index contributed by atoms with van der Waals surface area (Å²) in [5.41, 5.74) is 3.91. The maximum atomic E-state index is 11.9. The number of benzene rings is 1. The molecule has 0 spiro atoms. The molecule has 51 heavy (non-hydrogen) atoms. The second-order valence-electron chi connectivity index (χ2n) is 20.0. The van der Waals surface area contributed by atoms with Crippen LogP contribution in [0, 0.1) is 75.4 Å². The predicted molar refractivity (Wildman–Crippen MR) is 206 cm³/mol. The Morgan fingerprint density at radius 2 is 1.63 bits per heavy atom. The number of fused-ring (bicyclic) bond motifs is 8. The van der Waals surface area contributed by atoms with Gasteiger partial charge in [0.2, 0.25) is 0 Å². The van der Waals surface area contributed by atoms with E-state index in [1.807, 2.05) is 6.07 Å². The van der Waals surface area contributed by atoms with Gasteiger partial charge in [-0.2, -0.15) is 0 Å². The zero-order valence-electron chi connectivity index (χ0n) is 33.2. The number of rotatable bonds is 8. The summed E-state index contributed by atoms with van der Waals surface area (Å²) < 4.78 is 5.86. The van der Waals surface area contributed by atoms with Crippen LogP contribution in [0.2, 0.25) is 0 Å². The molecular formula is C47H70O4. The molecule has 0 bridgehead atoms. The van der Waals surface area contributed by atoms with Gasteiger partial charge in [-0.15, -0.1) is 0 Å². The molecular weight excluding hydrogens is 629 g/mol.